The monoisotopic (exact) mass is 449 g/mol. The zero-order chi connectivity index (χ0) is 21.0. The molecule has 0 aliphatic carbocycles. The maximum absolute atomic E-state index is 12.6. The second kappa shape index (κ2) is 8.52. The second-order valence-corrected chi connectivity index (χ2v) is 9.26. The van der Waals surface area contributed by atoms with Crippen LogP contribution in [-0.2, 0) is 14.6 Å². The van der Waals surface area contributed by atoms with Crippen molar-refractivity contribution in [2.24, 2.45) is 0 Å². The van der Waals surface area contributed by atoms with Gasteiger partial charge >= 0.3 is 0 Å². The highest BCUT2D eigenvalue weighted by molar-refractivity contribution is 7.93. The molecule has 3 rings (SSSR count). The van der Waals surface area contributed by atoms with Gasteiger partial charge in [-0.25, -0.2) is 13.4 Å². The number of sulfone groups is 1. The first-order valence-corrected chi connectivity index (χ1v) is 10.6. The van der Waals surface area contributed by atoms with Gasteiger partial charge in [0, 0.05) is 23.2 Å². The number of benzene rings is 2. The van der Waals surface area contributed by atoms with Crippen LogP contribution in [0.4, 0.5) is 10.8 Å². The average Bonchev–Trinajstić information content (AvgIpc) is 3.17. The molecule has 0 saturated carbocycles. The first-order valence-electron chi connectivity index (χ1n) is 7.96. The van der Waals surface area contributed by atoms with Crippen molar-refractivity contribution in [2.75, 3.05) is 5.32 Å². The van der Waals surface area contributed by atoms with Crippen LogP contribution in [0.2, 0.25) is 5.02 Å². The number of halogens is 1. The number of aromatic nitrogens is 1. The van der Waals surface area contributed by atoms with Gasteiger partial charge < -0.3 is 0 Å². The molecule has 0 spiro atoms. The number of nitrogens with one attached hydrogen (secondary N) is 1. The minimum absolute atomic E-state index is 0.0941. The number of nitro benzene ring substituents is 1. The summed E-state index contributed by atoms with van der Waals surface area (Å²) in [6.45, 7) is 0. The van der Waals surface area contributed by atoms with Gasteiger partial charge in [-0.15, -0.1) is 0 Å². The summed E-state index contributed by atoms with van der Waals surface area (Å²) in [5, 5.41) is 13.9. The quantitative estimate of drug-likeness (QED) is 0.342. The third-order valence-electron chi connectivity index (χ3n) is 3.63. The molecule has 2 aromatic carbocycles. The van der Waals surface area contributed by atoms with E-state index in [1.807, 2.05) is 0 Å². The molecular weight excluding hydrogens is 438 g/mol. The van der Waals surface area contributed by atoms with E-state index in [1.165, 1.54) is 6.08 Å². The fraction of sp³-hybridized carbons (Fsp3) is 0. The number of amides is 1. The molecule has 0 atom stereocenters. The van der Waals surface area contributed by atoms with Crippen molar-refractivity contribution in [2.45, 2.75) is 9.10 Å². The van der Waals surface area contributed by atoms with Gasteiger partial charge in [0.05, 0.1) is 16.0 Å². The van der Waals surface area contributed by atoms with Crippen LogP contribution in [0.5, 0.6) is 0 Å². The molecule has 0 aliphatic rings. The van der Waals surface area contributed by atoms with E-state index in [4.69, 9.17) is 11.6 Å². The smallest absolute Gasteiger partial charge is 0.269 e. The molecule has 148 valence electrons. The second-order valence-electron chi connectivity index (χ2n) is 5.61. The summed E-state index contributed by atoms with van der Waals surface area (Å²) in [6, 6.07) is 11.4. The minimum Gasteiger partial charge on any atom is -0.298 e. The van der Waals surface area contributed by atoms with Gasteiger partial charge in [-0.1, -0.05) is 35.1 Å². The van der Waals surface area contributed by atoms with Crippen LogP contribution in [0.25, 0.3) is 6.08 Å². The van der Waals surface area contributed by atoms with Gasteiger partial charge in [0.15, 0.2) is 5.13 Å². The van der Waals surface area contributed by atoms with Gasteiger partial charge in [-0.05, 0) is 35.9 Å². The van der Waals surface area contributed by atoms with Gasteiger partial charge in [0.1, 0.15) is 4.21 Å². The Kier molecular flexibility index (Phi) is 6.06. The average molecular weight is 450 g/mol. The Labute approximate surface area is 174 Å². The molecule has 0 saturated heterocycles. The van der Waals surface area contributed by atoms with Crippen molar-refractivity contribution in [3.63, 3.8) is 0 Å². The van der Waals surface area contributed by atoms with Gasteiger partial charge in [-0.3, -0.25) is 20.2 Å². The Hall–Kier alpha value is -3.08. The van der Waals surface area contributed by atoms with Crippen LogP contribution in [-0.4, -0.2) is 24.2 Å². The molecule has 0 unspecified atom stereocenters. The zero-order valence-corrected chi connectivity index (χ0v) is 16.9. The first-order chi connectivity index (χ1) is 13.8. The Balaban J connectivity index is 1.71. The summed E-state index contributed by atoms with van der Waals surface area (Å²) in [5.74, 6) is -0.478. The molecule has 0 fully saturated rings. The fourth-order valence-corrected chi connectivity index (χ4v) is 4.76. The normalized spacial score (nSPS) is 11.5. The summed E-state index contributed by atoms with van der Waals surface area (Å²) in [5.41, 5.74) is 0.554. The Morgan fingerprint density at radius 2 is 1.79 bits per heavy atom. The van der Waals surface area contributed by atoms with Crippen molar-refractivity contribution in [3.8, 4) is 0 Å². The van der Waals surface area contributed by atoms with E-state index in [0.717, 1.165) is 47.4 Å². The highest BCUT2D eigenvalue weighted by Gasteiger charge is 2.22. The van der Waals surface area contributed by atoms with E-state index >= 15 is 0 Å². The molecule has 29 heavy (non-hydrogen) atoms. The van der Waals surface area contributed by atoms with Crippen LogP contribution in [0.3, 0.4) is 0 Å². The van der Waals surface area contributed by atoms with Crippen LogP contribution in [0.15, 0.2) is 69.9 Å². The maximum atomic E-state index is 12.6. The van der Waals surface area contributed by atoms with E-state index in [2.05, 4.69) is 10.3 Å². The van der Waals surface area contributed by atoms with Crippen LogP contribution in [0, 0.1) is 10.1 Å². The molecule has 1 aromatic heterocycles. The first kappa shape index (κ1) is 20.6. The van der Waals surface area contributed by atoms with Crippen LogP contribution >= 0.6 is 22.9 Å². The Morgan fingerprint density at radius 1 is 1.14 bits per heavy atom. The van der Waals surface area contributed by atoms with Gasteiger partial charge in [-0.2, -0.15) is 0 Å². The molecule has 0 aliphatic heterocycles. The molecule has 1 N–H and O–H groups in total. The number of hydrogen-bond donors (Lipinski definition) is 1. The molecule has 1 amide bonds. The lowest BCUT2D eigenvalue weighted by atomic mass is 10.2. The highest BCUT2D eigenvalue weighted by Crippen LogP contribution is 2.29. The van der Waals surface area contributed by atoms with Crippen molar-refractivity contribution in [1.82, 2.24) is 4.98 Å². The lowest BCUT2D eigenvalue weighted by Crippen LogP contribution is -2.07. The number of carbonyl (C=O) groups is 1. The van der Waals surface area contributed by atoms with Crippen LogP contribution < -0.4 is 5.32 Å². The summed E-state index contributed by atoms with van der Waals surface area (Å²) in [6.07, 6.45) is 3.99. The number of carbonyl (C=O) groups excluding carboxylic acids is 1. The van der Waals surface area contributed by atoms with E-state index in [1.54, 1.807) is 30.3 Å². The van der Waals surface area contributed by atoms with E-state index in [-0.39, 0.29) is 19.9 Å². The summed E-state index contributed by atoms with van der Waals surface area (Å²) in [7, 11) is -3.90. The Morgan fingerprint density at radius 3 is 2.41 bits per heavy atom. The number of rotatable bonds is 6. The molecule has 3 aromatic rings. The minimum atomic E-state index is -3.90. The van der Waals surface area contributed by atoms with Crippen molar-refractivity contribution >= 4 is 55.6 Å². The molecule has 8 nitrogen and oxygen atoms in total. The lowest BCUT2D eigenvalue weighted by Gasteiger charge is -2.00. The molecule has 0 bridgehead atoms. The number of nitrogens with zero attached hydrogens (tertiary/aromatic N) is 2. The van der Waals surface area contributed by atoms with Crippen molar-refractivity contribution in [1.29, 1.82) is 0 Å². The zero-order valence-electron chi connectivity index (χ0n) is 14.5. The Bertz CT molecular complexity index is 1190. The maximum Gasteiger partial charge on any atom is 0.269 e. The van der Waals surface area contributed by atoms with Crippen molar-refractivity contribution in [3.05, 3.63) is 81.5 Å². The summed E-state index contributed by atoms with van der Waals surface area (Å²) < 4.78 is 25.1. The van der Waals surface area contributed by atoms with E-state index in [9.17, 15) is 23.3 Å². The fourth-order valence-electron chi connectivity index (χ4n) is 2.20. The third-order valence-corrected chi connectivity index (χ3v) is 7.03. The number of hydrogen-bond acceptors (Lipinski definition) is 7. The number of nitro groups is 1. The highest BCUT2D eigenvalue weighted by atomic mass is 35.5. The summed E-state index contributed by atoms with van der Waals surface area (Å²) in [4.78, 5) is 25.9. The number of anilines is 1. The largest absolute Gasteiger partial charge is 0.298 e. The lowest BCUT2D eigenvalue weighted by molar-refractivity contribution is -0.384. The van der Waals surface area contributed by atoms with E-state index in [0.29, 0.717) is 5.02 Å². The van der Waals surface area contributed by atoms with Crippen LogP contribution in [0.1, 0.15) is 5.56 Å². The van der Waals surface area contributed by atoms with E-state index < -0.39 is 20.7 Å². The third kappa shape index (κ3) is 5.05. The van der Waals surface area contributed by atoms with Gasteiger partial charge in [0.2, 0.25) is 15.7 Å². The SMILES string of the molecule is O=C(/C=C/c1ccc(Cl)cc1)Nc1ncc(S(=O)(=O)c2ccc([N+](=O)[O-])cc2)s1. The molecule has 1 heterocycles. The molecule has 11 heteroatoms. The predicted octanol–water partition coefficient (Wildman–Crippen LogP) is 4.19. The number of non-ortho nitro benzene ring substituents is 1. The molecular formula is C18H12ClN3O5S2. The predicted molar refractivity (Wildman–Crippen MR) is 110 cm³/mol. The van der Waals surface area contributed by atoms with Crippen molar-refractivity contribution < 1.29 is 18.1 Å². The topological polar surface area (TPSA) is 119 Å². The molecule has 0 radical (unpaired) electrons. The standard InChI is InChI=1S/C18H12ClN3O5S2/c19-13-4-1-12(2-5-13)3-10-16(23)21-18-20-11-17(28-18)29(26,27)15-8-6-14(7-9-15)22(24)25/h1-11H,(H,20,21,23)/b10-3+. The number of thiazole rings is 1. The van der Waals surface area contributed by atoms with Gasteiger partial charge in [0.25, 0.3) is 5.69 Å². The summed E-state index contributed by atoms with van der Waals surface area (Å²) >= 11 is 6.58.